The van der Waals surface area contributed by atoms with E-state index in [-0.39, 0.29) is 11.7 Å². The van der Waals surface area contributed by atoms with Gasteiger partial charge >= 0.3 is 0 Å². The molecule has 0 fully saturated rings. The summed E-state index contributed by atoms with van der Waals surface area (Å²) >= 11 is 1.66. The number of allylic oxidation sites excluding steroid dienone is 1. The SMILES string of the molecule is CC(C)C=CS(=O)(=O)Cc1ccc2sccc2c1. The zero-order valence-electron chi connectivity index (χ0n) is 10.5. The molecule has 1 aromatic heterocycles. The second-order valence-corrected chi connectivity index (χ2v) is 7.51. The molecule has 0 N–H and O–H groups in total. The quantitative estimate of drug-likeness (QED) is 0.848. The van der Waals surface area contributed by atoms with E-state index in [9.17, 15) is 8.42 Å². The first-order valence-corrected chi connectivity index (χ1v) is 8.43. The first-order valence-electron chi connectivity index (χ1n) is 5.83. The average molecular weight is 280 g/mol. The van der Waals surface area contributed by atoms with Gasteiger partial charge in [-0.05, 0) is 40.4 Å². The first kappa shape index (κ1) is 13.3. The second kappa shape index (κ2) is 5.24. The van der Waals surface area contributed by atoms with E-state index in [0.29, 0.717) is 0 Å². The molecule has 0 saturated carbocycles. The monoisotopic (exact) mass is 280 g/mol. The van der Waals surface area contributed by atoms with Crippen LogP contribution in [0.1, 0.15) is 19.4 Å². The predicted molar refractivity (Wildman–Crippen MR) is 78.4 cm³/mol. The highest BCUT2D eigenvalue weighted by Gasteiger charge is 2.08. The predicted octanol–water partition coefficient (Wildman–Crippen LogP) is 3.99. The minimum absolute atomic E-state index is 0.0714. The third-order valence-electron chi connectivity index (χ3n) is 2.56. The molecule has 0 atom stereocenters. The summed E-state index contributed by atoms with van der Waals surface area (Å²) in [5.41, 5.74) is 0.842. The van der Waals surface area contributed by atoms with Crippen molar-refractivity contribution in [3.63, 3.8) is 0 Å². The summed E-state index contributed by atoms with van der Waals surface area (Å²) < 4.78 is 25.0. The van der Waals surface area contributed by atoms with Crippen LogP contribution in [0.3, 0.4) is 0 Å². The smallest absolute Gasteiger partial charge is 0.175 e. The van der Waals surface area contributed by atoms with Gasteiger partial charge in [-0.1, -0.05) is 26.0 Å². The van der Waals surface area contributed by atoms with E-state index < -0.39 is 9.84 Å². The Bertz CT molecular complexity index is 664. The molecule has 0 unspecified atom stereocenters. The molecule has 1 aromatic carbocycles. The van der Waals surface area contributed by atoms with Gasteiger partial charge < -0.3 is 0 Å². The summed E-state index contributed by atoms with van der Waals surface area (Å²) in [6.45, 7) is 3.92. The summed E-state index contributed by atoms with van der Waals surface area (Å²) in [5, 5.41) is 4.46. The van der Waals surface area contributed by atoms with Crippen LogP contribution < -0.4 is 0 Å². The van der Waals surface area contributed by atoms with Crippen molar-refractivity contribution in [1.82, 2.24) is 0 Å². The minimum Gasteiger partial charge on any atom is -0.224 e. The van der Waals surface area contributed by atoms with Crippen molar-refractivity contribution < 1.29 is 8.42 Å². The third kappa shape index (κ3) is 3.43. The molecule has 2 aromatic rings. The van der Waals surface area contributed by atoms with Crippen molar-refractivity contribution in [3.8, 4) is 0 Å². The molecule has 0 aliphatic rings. The lowest BCUT2D eigenvalue weighted by molar-refractivity contribution is 0.603. The van der Waals surface area contributed by atoms with Gasteiger partial charge in [0.1, 0.15) is 0 Å². The Morgan fingerprint density at radius 2 is 2.06 bits per heavy atom. The average Bonchev–Trinajstić information content (AvgIpc) is 2.73. The summed E-state index contributed by atoms with van der Waals surface area (Å²) in [6, 6.07) is 7.84. The second-order valence-electron chi connectivity index (χ2n) is 4.67. The van der Waals surface area contributed by atoms with Crippen LogP contribution in [0, 0.1) is 5.92 Å². The zero-order valence-corrected chi connectivity index (χ0v) is 12.1. The Hall–Kier alpha value is -1.13. The highest BCUT2D eigenvalue weighted by Crippen LogP contribution is 2.22. The highest BCUT2D eigenvalue weighted by atomic mass is 32.2. The van der Waals surface area contributed by atoms with Crippen molar-refractivity contribution in [2.45, 2.75) is 19.6 Å². The lowest BCUT2D eigenvalue weighted by Gasteiger charge is -2.01. The van der Waals surface area contributed by atoms with Crippen LogP contribution in [0.5, 0.6) is 0 Å². The van der Waals surface area contributed by atoms with Crippen LogP contribution in [0.15, 0.2) is 41.1 Å². The number of fused-ring (bicyclic) bond motifs is 1. The molecule has 2 rings (SSSR count). The van der Waals surface area contributed by atoms with E-state index in [1.54, 1.807) is 17.4 Å². The number of sulfone groups is 1. The van der Waals surface area contributed by atoms with Gasteiger partial charge in [0.25, 0.3) is 0 Å². The topological polar surface area (TPSA) is 34.1 Å². The van der Waals surface area contributed by atoms with Gasteiger partial charge in [-0.25, -0.2) is 8.42 Å². The van der Waals surface area contributed by atoms with Crippen molar-refractivity contribution >= 4 is 31.3 Å². The molecule has 0 saturated heterocycles. The van der Waals surface area contributed by atoms with Crippen LogP contribution in [0.4, 0.5) is 0 Å². The molecular formula is C14H16O2S2. The molecule has 0 aliphatic carbocycles. The van der Waals surface area contributed by atoms with Gasteiger partial charge in [0.15, 0.2) is 9.84 Å². The molecule has 0 aliphatic heterocycles. The van der Waals surface area contributed by atoms with Crippen LogP contribution in [-0.2, 0) is 15.6 Å². The Morgan fingerprint density at radius 3 is 2.78 bits per heavy atom. The van der Waals surface area contributed by atoms with Crippen LogP contribution in [0.25, 0.3) is 10.1 Å². The summed E-state index contributed by atoms with van der Waals surface area (Å²) in [5.74, 6) is 0.321. The van der Waals surface area contributed by atoms with Gasteiger partial charge in [0.05, 0.1) is 5.75 Å². The lowest BCUT2D eigenvalue weighted by atomic mass is 10.2. The highest BCUT2D eigenvalue weighted by molar-refractivity contribution is 7.93. The third-order valence-corrected chi connectivity index (χ3v) is 4.76. The summed E-state index contributed by atoms with van der Waals surface area (Å²) in [7, 11) is -3.16. The summed E-state index contributed by atoms with van der Waals surface area (Å²) in [6.07, 6.45) is 1.72. The van der Waals surface area contributed by atoms with Crippen LogP contribution in [-0.4, -0.2) is 8.42 Å². The van der Waals surface area contributed by atoms with Gasteiger partial charge in [0, 0.05) is 10.1 Å². The van der Waals surface area contributed by atoms with Crippen molar-refractivity contribution in [2.75, 3.05) is 0 Å². The zero-order chi connectivity index (χ0) is 13.2. The molecular weight excluding hydrogens is 264 g/mol. The fourth-order valence-electron chi connectivity index (χ4n) is 1.66. The van der Waals surface area contributed by atoms with Crippen LogP contribution >= 0.6 is 11.3 Å². The fraction of sp³-hybridized carbons (Fsp3) is 0.286. The standard InChI is InChI=1S/C14H16O2S2/c1-11(2)6-8-18(15,16)10-12-3-4-14-13(9-12)5-7-17-14/h3-9,11H,10H2,1-2H3. The number of benzene rings is 1. The van der Waals surface area contributed by atoms with E-state index in [1.807, 2.05) is 43.5 Å². The van der Waals surface area contributed by atoms with E-state index in [1.165, 1.54) is 10.1 Å². The Balaban J connectivity index is 2.22. The molecule has 0 spiro atoms. The number of rotatable bonds is 4. The van der Waals surface area contributed by atoms with Crippen molar-refractivity contribution in [2.24, 2.45) is 5.92 Å². The van der Waals surface area contributed by atoms with Gasteiger partial charge in [-0.15, -0.1) is 11.3 Å². The van der Waals surface area contributed by atoms with Crippen molar-refractivity contribution in [3.05, 3.63) is 46.7 Å². The first-order chi connectivity index (χ1) is 8.46. The van der Waals surface area contributed by atoms with Gasteiger partial charge in [0.2, 0.25) is 0 Å². The van der Waals surface area contributed by atoms with Crippen LogP contribution in [0.2, 0.25) is 0 Å². The lowest BCUT2D eigenvalue weighted by Crippen LogP contribution is -2.00. The maximum atomic E-state index is 11.9. The molecule has 0 bridgehead atoms. The van der Waals surface area contributed by atoms with E-state index in [0.717, 1.165) is 10.9 Å². The molecule has 0 radical (unpaired) electrons. The van der Waals surface area contributed by atoms with E-state index >= 15 is 0 Å². The molecule has 2 nitrogen and oxygen atoms in total. The molecule has 1 heterocycles. The number of hydrogen-bond donors (Lipinski definition) is 0. The molecule has 96 valence electrons. The summed E-state index contributed by atoms with van der Waals surface area (Å²) in [4.78, 5) is 0. The Kier molecular flexibility index (Phi) is 3.88. The van der Waals surface area contributed by atoms with E-state index in [2.05, 4.69) is 0 Å². The minimum atomic E-state index is -3.16. The van der Waals surface area contributed by atoms with E-state index in [4.69, 9.17) is 0 Å². The number of hydrogen-bond acceptors (Lipinski definition) is 3. The van der Waals surface area contributed by atoms with Gasteiger partial charge in [-0.2, -0.15) is 0 Å². The van der Waals surface area contributed by atoms with Gasteiger partial charge in [-0.3, -0.25) is 0 Å². The Morgan fingerprint density at radius 1 is 1.28 bits per heavy atom. The number of thiophene rings is 1. The largest absolute Gasteiger partial charge is 0.224 e. The van der Waals surface area contributed by atoms with Crippen molar-refractivity contribution in [1.29, 1.82) is 0 Å². The Labute approximate surface area is 112 Å². The molecule has 18 heavy (non-hydrogen) atoms. The maximum Gasteiger partial charge on any atom is 0.175 e. The molecule has 4 heteroatoms. The fourth-order valence-corrected chi connectivity index (χ4v) is 3.73. The maximum absolute atomic E-state index is 11.9. The molecule has 0 amide bonds. The normalized spacial score (nSPS) is 12.8.